The van der Waals surface area contributed by atoms with Gasteiger partial charge in [0.05, 0.1) is 17.5 Å². The fourth-order valence-electron chi connectivity index (χ4n) is 2.47. The number of carbonyl (C=O) groups is 2. The summed E-state index contributed by atoms with van der Waals surface area (Å²) in [5, 5.41) is 9.82. The van der Waals surface area contributed by atoms with Gasteiger partial charge in [0.15, 0.2) is 5.82 Å². The molecule has 0 saturated heterocycles. The normalized spacial score (nSPS) is 11.1. The van der Waals surface area contributed by atoms with Gasteiger partial charge in [-0.1, -0.05) is 13.0 Å². The summed E-state index contributed by atoms with van der Waals surface area (Å²) < 4.78 is 6.83. The fraction of sp³-hybridized carbons (Fsp3) is 0.474. The van der Waals surface area contributed by atoms with E-state index in [1.54, 1.807) is 17.1 Å². The van der Waals surface area contributed by atoms with Crippen LogP contribution >= 0.6 is 0 Å². The Morgan fingerprint density at radius 3 is 2.56 bits per heavy atom. The first-order valence-corrected chi connectivity index (χ1v) is 9.05. The van der Waals surface area contributed by atoms with Crippen LogP contribution in [0.3, 0.4) is 0 Å². The van der Waals surface area contributed by atoms with Crippen molar-refractivity contribution >= 4 is 12.0 Å². The monoisotopic (exact) mass is 373 g/mol. The first-order valence-electron chi connectivity index (χ1n) is 9.05. The zero-order valence-corrected chi connectivity index (χ0v) is 16.3. The Morgan fingerprint density at radius 2 is 1.93 bits per heavy atom. The van der Waals surface area contributed by atoms with E-state index in [9.17, 15) is 9.59 Å². The molecule has 0 fully saturated rings. The number of nitrogens with zero attached hydrogens (tertiary/aromatic N) is 3. The maximum Gasteiger partial charge on any atom is 0.407 e. The highest BCUT2D eigenvalue weighted by atomic mass is 16.6. The number of carbonyl (C=O) groups excluding carboxylic acids is 2. The minimum atomic E-state index is -0.525. The zero-order valence-electron chi connectivity index (χ0n) is 16.3. The van der Waals surface area contributed by atoms with E-state index in [-0.39, 0.29) is 5.91 Å². The summed E-state index contributed by atoms with van der Waals surface area (Å²) in [6.07, 6.45) is 4.04. The van der Waals surface area contributed by atoms with E-state index < -0.39 is 11.7 Å². The van der Waals surface area contributed by atoms with Crippen LogP contribution in [0.4, 0.5) is 4.79 Å². The molecule has 0 unspecified atom stereocenters. The second kappa shape index (κ2) is 9.16. The lowest BCUT2D eigenvalue weighted by atomic mass is 10.2. The Kier molecular flexibility index (Phi) is 6.92. The Hall–Kier alpha value is -2.90. The zero-order chi connectivity index (χ0) is 19.9. The molecule has 146 valence electrons. The van der Waals surface area contributed by atoms with Crippen molar-refractivity contribution in [3.05, 3.63) is 41.9 Å². The van der Waals surface area contributed by atoms with Crippen LogP contribution in [0, 0.1) is 0 Å². The van der Waals surface area contributed by atoms with Gasteiger partial charge in [-0.25, -0.2) is 14.5 Å². The average molecular weight is 373 g/mol. The van der Waals surface area contributed by atoms with Gasteiger partial charge in [-0.3, -0.25) is 4.79 Å². The molecule has 0 bridgehead atoms. The van der Waals surface area contributed by atoms with E-state index in [0.29, 0.717) is 37.3 Å². The Bertz CT molecular complexity index is 765. The molecule has 2 rings (SSSR count). The maximum atomic E-state index is 12.5. The Morgan fingerprint density at radius 1 is 1.19 bits per heavy atom. The highest BCUT2D eigenvalue weighted by Crippen LogP contribution is 2.14. The number of alkyl carbamates (subject to hydrolysis) is 1. The molecule has 0 aliphatic heterocycles. The van der Waals surface area contributed by atoms with Crippen molar-refractivity contribution in [2.45, 2.75) is 46.1 Å². The summed E-state index contributed by atoms with van der Waals surface area (Å²) in [5.74, 6) is 0.487. The highest BCUT2D eigenvalue weighted by molar-refractivity contribution is 5.95. The Balaban J connectivity index is 1.85. The van der Waals surface area contributed by atoms with Crippen LogP contribution in [0.2, 0.25) is 0 Å². The Labute approximate surface area is 159 Å². The minimum absolute atomic E-state index is 0.189. The molecule has 8 heteroatoms. The van der Waals surface area contributed by atoms with E-state index in [4.69, 9.17) is 4.74 Å². The highest BCUT2D eigenvalue weighted by Gasteiger charge is 2.18. The molecule has 27 heavy (non-hydrogen) atoms. The lowest BCUT2D eigenvalue weighted by Crippen LogP contribution is -2.34. The van der Waals surface area contributed by atoms with Gasteiger partial charge in [0.2, 0.25) is 0 Å². The molecule has 2 N–H and O–H groups in total. The van der Waals surface area contributed by atoms with Crippen molar-refractivity contribution in [1.29, 1.82) is 0 Å². The predicted molar refractivity (Wildman–Crippen MR) is 102 cm³/mol. The van der Waals surface area contributed by atoms with Gasteiger partial charge in [-0.05, 0) is 45.7 Å². The van der Waals surface area contributed by atoms with Gasteiger partial charge < -0.3 is 15.4 Å². The van der Waals surface area contributed by atoms with E-state index in [2.05, 4.69) is 20.7 Å². The van der Waals surface area contributed by atoms with Crippen LogP contribution in [0.15, 0.2) is 30.6 Å². The molecule has 0 aliphatic carbocycles. The first-order chi connectivity index (χ1) is 12.8. The van der Waals surface area contributed by atoms with Crippen molar-refractivity contribution in [3.8, 4) is 5.82 Å². The quantitative estimate of drug-likeness (QED) is 0.727. The topological polar surface area (TPSA) is 98.1 Å². The minimum Gasteiger partial charge on any atom is -0.444 e. The summed E-state index contributed by atoms with van der Waals surface area (Å²) in [7, 11) is 0. The molecule has 0 aliphatic rings. The SMILES string of the molecule is CCc1c(C(=O)NCCCNC(=O)OC(C)(C)C)cnn1-c1ccccn1. The van der Waals surface area contributed by atoms with Crippen LogP contribution in [0.5, 0.6) is 0 Å². The lowest BCUT2D eigenvalue weighted by Gasteiger charge is -2.19. The number of amides is 2. The van der Waals surface area contributed by atoms with Crippen molar-refractivity contribution in [2.75, 3.05) is 13.1 Å². The second-order valence-electron chi connectivity index (χ2n) is 7.00. The summed E-state index contributed by atoms with van der Waals surface area (Å²) >= 11 is 0. The summed E-state index contributed by atoms with van der Waals surface area (Å²) in [6.45, 7) is 8.25. The van der Waals surface area contributed by atoms with Crippen LogP contribution in [0.1, 0.15) is 50.2 Å². The number of pyridine rings is 1. The van der Waals surface area contributed by atoms with Crippen molar-refractivity contribution < 1.29 is 14.3 Å². The van der Waals surface area contributed by atoms with Gasteiger partial charge in [0.1, 0.15) is 5.60 Å². The third-order valence-corrected chi connectivity index (χ3v) is 3.62. The van der Waals surface area contributed by atoms with Gasteiger partial charge >= 0.3 is 6.09 Å². The number of hydrogen-bond donors (Lipinski definition) is 2. The number of nitrogens with one attached hydrogen (secondary N) is 2. The van der Waals surface area contributed by atoms with Gasteiger partial charge in [0, 0.05) is 19.3 Å². The van der Waals surface area contributed by atoms with Crippen molar-refractivity contribution in [3.63, 3.8) is 0 Å². The summed E-state index contributed by atoms with van der Waals surface area (Å²) in [4.78, 5) is 28.3. The second-order valence-corrected chi connectivity index (χ2v) is 7.00. The van der Waals surface area contributed by atoms with Crippen LogP contribution in [-0.4, -0.2) is 45.5 Å². The molecular formula is C19H27N5O3. The molecule has 0 saturated carbocycles. The number of ether oxygens (including phenoxy) is 1. The number of rotatable bonds is 7. The molecule has 0 radical (unpaired) electrons. The number of aromatic nitrogens is 3. The van der Waals surface area contributed by atoms with Gasteiger partial charge in [0.25, 0.3) is 5.91 Å². The summed E-state index contributed by atoms with van der Waals surface area (Å²) in [5.41, 5.74) is 0.809. The van der Waals surface area contributed by atoms with Gasteiger partial charge in [-0.2, -0.15) is 5.10 Å². The molecule has 0 atom stereocenters. The predicted octanol–water partition coefficient (Wildman–Crippen LogP) is 2.47. The molecule has 0 aromatic carbocycles. The average Bonchev–Trinajstić information content (AvgIpc) is 3.04. The molecule has 2 amide bonds. The summed E-state index contributed by atoms with van der Waals surface area (Å²) in [6, 6.07) is 5.55. The van der Waals surface area contributed by atoms with Crippen LogP contribution < -0.4 is 10.6 Å². The molecule has 0 spiro atoms. The van der Waals surface area contributed by atoms with Crippen LogP contribution in [0.25, 0.3) is 5.82 Å². The third-order valence-electron chi connectivity index (χ3n) is 3.62. The molecular weight excluding hydrogens is 346 g/mol. The molecule has 2 aromatic heterocycles. The van der Waals surface area contributed by atoms with E-state index in [0.717, 1.165) is 5.69 Å². The van der Waals surface area contributed by atoms with Crippen LogP contribution in [-0.2, 0) is 11.2 Å². The van der Waals surface area contributed by atoms with Crippen molar-refractivity contribution in [2.24, 2.45) is 0 Å². The first kappa shape index (κ1) is 20.4. The largest absolute Gasteiger partial charge is 0.444 e. The molecule has 2 aromatic rings. The third kappa shape index (κ3) is 6.09. The standard InChI is InChI=1S/C19H27N5O3/c1-5-15-14(13-23-24(15)16-9-6-7-10-20-16)17(25)21-11-8-12-22-18(26)27-19(2,3)4/h6-7,9-10,13H,5,8,11-12H2,1-4H3,(H,21,25)(H,22,26). The lowest BCUT2D eigenvalue weighted by molar-refractivity contribution is 0.0527. The molecule has 8 nitrogen and oxygen atoms in total. The van der Waals surface area contributed by atoms with Crippen molar-refractivity contribution in [1.82, 2.24) is 25.4 Å². The number of hydrogen-bond acceptors (Lipinski definition) is 5. The molecule has 2 heterocycles. The fourth-order valence-corrected chi connectivity index (χ4v) is 2.47. The van der Waals surface area contributed by atoms with E-state index >= 15 is 0 Å². The van der Waals surface area contributed by atoms with E-state index in [1.807, 2.05) is 45.9 Å². The maximum absolute atomic E-state index is 12.5. The van der Waals surface area contributed by atoms with E-state index in [1.165, 1.54) is 0 Å². The van der Waals surface area contributed by atoms with Gasteiger partial charge in [-0.15, -0.1) is 0 Å². The smallest absolute Gasteiger partial charge is 0.407 e.